The van der Waals surface area contributed by atoms with Gasteiger partial charge in [-0.05, 0) is 79.1 Å². The van der Waals surface area contributed by atoms with E-state index in [2.05, 4.69) is 10.0 Å². The third-order valence-corrected chi connectivity index (χ3v) is 9.91. The van der Waals surface area contributed by atoms with Crippen molar-refractivity contribution in [1.82, 2.24) is 4.31 Å². The molecule has 0 radical (unpaired) electrons. The van der Waals surface area contributed by atoms with E-state index in [4.69, 9.17) is 23.2 Å². The summed E-state index contributed by atoms with van der Waals surface area (Å²) in [6.45, 7) is 0.385. The molecular weight excluding hydrogens is 576 g/mol. The molecular formula is C25H24Cl2FN3O5S2. The summed E-state index contributed by atoms with van der Waals surface area (Å²) in [5, 5.41) is 3.45. The van der Waals surface area contributed by atoms with Crippen LogP contribution in [0.3, 0.4) is 0 Å². The number of rotatable bonds is 8. The minimum atomic E-state index is -3.90. The number of piperidine rings is 1. The molecule has 0 bridgehead atoms. The normalized spacial score (nSPS) is 15.2. The Morgan fingerprint density at radius 1 is 0.895 bits per heavy atom. The summed E-state index contributed by atoms with van der Waals surface area (Å²) in [4.78, 5) is 12.7. The van der Waals surface area contributed by atoms with Gasteiger partial charge in [-0.25, -0.2) is 25.5 Å². The largest absolute Gasteiger partial charge is 0.326 e. The number of nitrogens with zero attached hydrogens (tertiary/aromatic N) is 1. The summed E-state index contributed by atoms with van der Waals surface area (Å²) in [5.41, 5.74) is 1.07. The van der Waals surface area contributed by atoms with Crippen LogP contribution in [0.4, 0.5) is 15.8 Å². The Balaban J connectivity index is 1.31. The first-order chi connectivity index (χ1) is 17.9. The molecule has 1 aliphatic heterocycles. The fraction of sp³-hybridized carbons (Fsp3) is 0.240. The fourth-order valence-electron chi connectivity index (χ4n) is 4.02. The van der Waals surface area contributed by atoms with Crippen molar-refractivity contribution in [2.45, 2.75) is 23.5 Å². The van der Waals surface area contributed by atoms with Gasteiger partial charge in [-0.1, -0.05) is 29.3 Å². The van der Waals surface area contributed by atoms with Gasteiger partial charge in [0.15, 0.2) is 0 Å². The molecule has 2 N–H and O–H groups in total. The van der Waals surface area contributed by atoms with Crippen molar-refractivity contribution in [1.29, 1.82) is 0 Å². The number of hydrogen-bond acceptors (Lipinski definition) is 5. The molecule has 0 aliphatic carbocycles. The molecule has 3 aromatic carbocycles. The summed E-state index contributed by atoms with van der Waals surface area (Å²) >= 11 is 12.0. The fourth-order valence-corrected chi connectivity index (χ4v) is 7.22. The second kappa shape index (κ2) is 11.6. The predicted molar refractivity (Wildman–Crippen MR) is 146 cm³/mol. The van der Waals surface area contributed by atoms with Gasteiger partial charge in [0.1, 0.15) is 5.82 Å². The summed E-state index contributed by atoms with van der Waals surface area (Å²) in [6, 6.07) is 15.2. The second-order valence-electron chi connectivity index (χ2n) is 8.79. The summed E-state index contributed by atoms with van der Waals surface area (Å²) < 4.78 is 67.6. The van der Waals surface area contributed by atoms with Gasteiger partial charge in [-0.15, -0.1) is 0 Å². The Morgan fingerprint density at radius 3 is 2.11 bits per heavy atom. The molecule has 0 spiro atoms. The van der Waals surface area contributed by atoms with Gasteiger partial charge >= 0.3 is 0 Å². The smallest absolute Gasteiger partial charge is 0.261 e. The molecule has 0 aromatic heterocycles. The van der Waals surface area contributed by atoms with Crippen LogP contribution in [-0.2, 0) is 30.6 Å². The number of halogens is 3. The van der Waals surface area contributed by atoms with E-state index in [1.807, 2.05) is 0 Å². The Bertz CT molecular complexity index is 1530. The zero-order valence-corrected chi connectivity index (χ0v) is 23.0. The van der Waals surface area contributed by atoms with E-state index in [1.165, 1.54) is 46.8 Å². The first-order valence-electron chi connectivity index (χ1n) is 11.5. The van der Waals surface area contributed by atoms with Crippen LogP contribution >= 0.6 is 23.2 Å². The number of sulfonamides is 2. The summed E-state index contributed by atoms with van der Waals surface area (Å²) in [7, 11) is -7.53. The van der Waals surface area contributed by atoms with Crippen LogP contribution < -0.4 is 10.0 Å². The van der Waals surface area contributed by atoms with Crippen LogP contribution in [-0.4, -0.2) is 40.1 Å². The second-order valence-corrected chi connectivity index (χ2v) is 13.3. The van der Waals surface area contributed by atoms with Crippen molar-refractivity contribution < 1.29 is 26.0 Å². The number of amides is 1. The van der Waals surface area contributed by atoms with Crippen LogP contribution in [0.5, 0.6) is 0 Å². The van der Waals surface area contributed by atoms with Crippen LogP contribution in [0.25, 0.3) is 0 Å². The van der Waals surface area contributed by atoms with Crippen molar-refractivity contribution in [2.24, 2.45) is 5.92 Å². The van der Waals surface area contributed by atoms with Crippen LogP contribution in [0.1, 0.15) is 18.4 Å². The third-order valence-electron chi connectivity index (χ3n) is 6.10. The Hall–Kier alpha value is -2.70. The maximum atomic E-state index is 13.1. The third kappa shape index (κ3) is 7.03. The van der Waals surface area contributed by atoms with Gasteiger partial charge in [0.2, 0.25) is 15.9 Å². The maximum absolute atomic E-state index is 13.1. The molecule has 3 aromatic rings. The van der Waals surface area contributed by atoms with Crippen LogP contribution in [0.15, 0.2) is 71.6 Å². The molecule has 0 saturated carbocycles. The SMILES string of the molecule is O=C(Nc1ccc(S(=O)(=O)Nc2ccc(F)cc2)cc1)C1CCN(S(=O)(=O)Cc2ccc(Cl)cc2Cl)CC1. The van der Waals surface area contributed by atoms with E-state index < -0.39 is 31.8 Å². The van der Waals surface area contributed by atoms with Gasteiger partial charge in [0.25, 0.3) is 10.0 Å². The molecule has 1 amide bonds. The molecule has 202 valence electrons. The number of carbonyl (C=O) groups excluding carboxylic acids is 1. The van der Waals surface area contributed by atoms with Crippen LogP contribution in [0.2, 0.25) is 10.0 Å². The summed E-state index contributed by atoms with van der Waals surface area (Å²) in [5.74, 6) is -1.42. The van der Waals surface area contributed by atoms with E-state index >= 15 is 0 Å². The van der Waals surface area contributed by atoms with E-state index in [9.17, 15) is 26.0 Å². The lowest BCUT2D eigenvalue weighted by Gasteiger charge is -2.30. The number of benzene rings is 3. The molecule has 0 atom stereocenters. The molecule has 4 rings (SSSR count). The van der Waals surface area contributed by atoms with E-state index in [0.29, 0.717) is 29.1 Å². The van der Waals surface area contributed by atoms with E-state index in [1.54, 1.807) is 12.1 Å². The molecule has 0 unspecified atom stereocenters. The number of anilines is 2. The van der Waals surface area contributed by atoms with Crippen molar-refractivity contribution >= 4 is 60.5 Å². The Kier molecular flexibility index (Phi) is 8.63. The Labute approximate surface area is 230 Å². The van der Waals surface area contributed by atoms with E-state index in [0.717, 1.165) is 12.1 Å². The van der Waals surface area contributed by atoms with Crippen molar-refractivity contribution in [3.8, 4) is 0 Å². The first kappa shape index (κ1) is 28.3. The van der Waals surface area contributed by atoms with Gasteiger partial charge < -0.3 is 5.32 Å². The van der Waals surface area contributed by atoms with Gasteiger partial charge in [0.05, 0.1) is 10.6 Å². The van der Waals surface area contributed by atoms with Gasteiger partial charge in [-0.2, -0.15) is 0 Å². The molecule has 1 saturated heterocycles. The van der Waals surface area contributed by atoms with Crippen molar-refractivity contribution in [3.05, 3.63) is 88.2 Å². The first-order valence-corrected chi connectivity index (χ1v) is 15.4. The zero-order chi connectivity index (χ0) is 27.5. The molecule has 8 nitrogen and oxygen atoms in total. The highest BCUT2D eigenvalue weighted by Crippen LogP contribution is 2.27. The lowest BCUT2D eigenvalue weighted by molar-refractivity contribution is -0.120. The highest BCUT2D eigenvalue weighted by molar-refractivity contribution is 7.92. The van der Waals surface area contributed by atoms with Gasteiger partial charge in [-0.3, -0.25) is 9.52 Å². The highest BCUT2D eigenvalue weighted by Gasteiger charge is 2.31. The van der Waals surface area contributed by atoms with Crippen LogP contribution in [0, 0.1) is 11.7 Å². The minimum absolute atomic E-state index is 0.0286. The topological polar surface area (TPSA) is 113 Å². The molecule has 1 heterocycles. The predicted octanol–water partition coefficient (Wildman–Crippen LogP) is 5.11. The molecule has 1 aliphatic rings. The lowest BCUT2D eigenvalue weighted by atomic mass is 9.97. The average molecular weight is 601 g/mol. The standard InChI is InChI=1S/C25H24Cl2FN3O5S2/c26-19-2-1-18(24(27)15-19)16-37(33,34)31-13-11-17(12-14-31)25(32)29-21-7-9-23(10-8-21)38(35,36)30-22-5-3-20(28)4-6-22/h1-10,15,17,30H,11-14,16H2,(H,29,32). The number of hydrogen-bond donors (Lipinski definition) is 2. The highest BCUT2D eigenvalue weighted by atomic mass is 35.5. The average Bonchev–Trinajstić information content (AvgIpc) is 2.87. The van der Waals surface area contributed by atoms with Gasteiger partial charge in [0, 0.05) is 40.4 Å². The molecule has 38 heavy (non-hydrogen) atoms. The molecule has 1 fully saturated rings. The Morgan fingerprint density at radius 2 is 1.50 bits per heavy atom. The zero-order valence-electron chi connectivity index (χ0n) is 19.9. The summed E-state index contributed by atoms with van der Waals surface area (Å²) in [6.07, 6.45) is 0.681. The monoisotopic (exact) mass is 599 g/mol. The number of carbonyl (C=O) groups is 1. The van der Waals surface area contributed by atoms with E-state index in [-0.39, 0.29) is 40.4 Å². The van der Waals surface area contributed by atoms with Crippen molar-refractivity contribution in [3.63, 3.8) is 0 Å². The molecule has 13 heteroatoms. The number of nitrogens with one attached hydrogen (secondary N) is 2. The maximum Gasteiger partial charge on any atom is 0.261 e. The van der Waals surface area contributed by atoms with Crippen molar-refractivity contribution in [2.75, 3.05) is 23.1 Å². The lowest BCUT2D eigenvalue weighted by Crippen LogP contribution is -2.41. The quantitative estimate of drug-likeness (QED) is 0.373. The minimum Gasteiger partial charge on any atom is -0.326 e.